The third-order valence-corrected chi connectivity index (χ3v) is 3.40. The van der Waals surface area contributed by atoms with Crippen LogP contribution in [0.1, 0.15) is 10.4 Å². The molecule has 1 aromatic carbocycles. The molecule has 0 amide bonds. The number of carbonyl (C=O) groups excluding carboxylic acids is 1. The van der Waals surface area contributed by atoms with E-state index in [2.05, 4.69) is 4.74 Å². The molecule has 6 nitrogen and oxygen atoms in total. The number of carbonyl (C=O) groups is 1. The van der Waals surface area contributed by atoms with Crippen molar-refractivity contribution in [3.8, 4) is 0 Å². The van der Waals surface area contributed by atoms with Gasteiger partial charge in [-0.1, -0.05) is 11.5 Å². The first-order valence-electron chi connectivity index (χ1n) is 5.45. The minimum Gasteiger partial charge on any atom is -0.441 e. The number of benzene rings is 1. The Kier molecular flexibility index (Phi) is 4.97. The number of nitrogen functional groups attached to an aromatic ring is 1. The molecule has 0 aliphatic heterocycles. The number of nitrogens with two attached hydrogens (primary N) is 1. The summed E-state index contributed by atoms with van der Waals surface area (Å²) >= 11 is 0. The van der Waals surface area contributed by atoms with Crippen molar-refractivity contribution in [2.45, 2.75) is 17.5 Å². The fourth-order valence-corrected chi connectivity index (χ4v) is 1.79. The Hall–Kier alpha value is -1.89. The molecule has 1 atom stereocenters. The van der Waals surface area contributed by atoms with Crippen molar-refractivity contribution in [1.29, 1.82) is 0 Å². The third-order valence-electron chi connectivity index (χ3n) is 2.49. The summed E-state index contributed by atoms with van der Waals surface area (Å²) in [6.07, 6.45) is -10.4. The lowest BCUT2D eigenvalue weighted by molar-refractivity contribution is -0.248. The number of halogens is 5. The van der Waals surface area contributed by atoms with E-state index in [0.29, 0.717) is 0 Å². The minimum absolute atomic E-state index is 0.0443. The number of anilines is 1. The van der Waals surface area contributed by atoms with Crippen LogP contribution in [-0.4, -0.2) is 44.3 Å². The van der Waals surface area contributed by atoms with Crippen molar-refractivity contribution in [1.82, 2.24) is 0 Å². The van der Waals surface area contributed by atoms with Crippen LogP contribution in [0, 0.1) is 0 Å². The van der Waals surface area contributed by atoms with Crippen LogP contribution < -0.4 is 11.2 Å². The molecule has 3 N–H and O–H groups in total. The number of rotatable bonds is 4. The van der Waals surface area contributed by atoms with Gasteiger partial charge in [0.05, 0.1) is 5.56 Å². The summed E-state index contributed by atoms with van der Waals surface area (Å²) in [5.41, 5.74) is 4.32. The molecule has 126 valence electrons. The molecular formula is C10H7BF5NO5S. The highest BCUT2D eigenvalue weighted by molar-refractivity contribution is 7.86. The summed E-state index contributed by atoms with van der Waals surface area (Å²) in [6, 6.07) is 2.57. The zero-order valence-corrected chi connectivity index (χ0v) is 11.7. The molecule has 0 bridgehead atoms. The maximum Gasteiger partial charge on any atom is 0.432 e. The van der Waals surface area contributed by atoms with Gasteiger partial charge in [-0.25, -0.2) is 4.79 Å². The van der Waals surface area contributed by atoms with Gasteiger partial charge in [0.25, 0.3) is 6.10 Å². The largest absolute Gasteiger partial charge is 0.441 e. The lowest BCUT2D eigenvalue weighted by Crippen LogP contribution is -2.52. The molecule has 0 aliphatic rings. The topological polar surface area (TPSA) is 107 Å². The van der Waals surface area contributed by atoms with Gasteiger partial charge in [0, 0.05) is 5.69 Å². The Bertz CT molecular complexity index is 721. The number of hydrogen-bond donors (Lipinski definition) is 2. The van der Waals surface area contributed by atoms with Crippen molar-refractivity contribution < 1.29 is 44.5 Å². The molecule has 0 aliphatic carbocycles. The number of esters is 1. The second-order valence-electron chi connectivity index (χ2n) is 4.21. The van der Waals surface area contributed by atoms with Gasteiger partial charge in [-0.3, -0.25) is 4.55 Å². The molecule has 2 radical (unpaired) electrons. The van der Waals surface area contributed by atoms with Crippen LogP contribution in [0.2, 0.25) is 0 Å². The van der Waals surface area contributed by atoms with Gasteiger partial charge < -0.3 is 10.5 Å². The van der Waals surface area contributed by atoms with Crippen LogP contribution in [0.3, 0.4) is 0 Å². The molecule has 13 heteroatoms. The molecule has 0 aromatic heterocycles. The fourth-order valence-electron chi connectivity index (χ4n) is 1.34. The van der Waals surface area contributed by atoms with Crippen molar-refractivity contribution in [3.05, 3.63) is 23.8 Å². The second kappa shape index (κ2) is 5.96. The number of ether oxygens (including phenoxy) is 1. The summed E-state index contributed by atoms with van der Waals surface area (Å²) in [5, 5.41) is -5.81. The van der Waals surface area contributed by atoms with E-state index in [4.69, 9.17) is 18.1 Å². The minimum atomic E-state index is -6.50. The SMILES string of the molecule is [B]c1cc(C(=O)OC(C(F)(F)F)C(F)(F)S(=O)(=O)O)ccc1N. The van der Waals surface area contributed by atoms with Crippen molar-refractivity contribution in [2.75, 3.05) is 5.73 Å². The lowest BCUT2D eigenvalue weighted by Gasteiger charge is -2.26. The highest BCUT2D eigenvalue weighted by atomic mass is 32.2. The van der Waals surface area contributed by atoms with Gasteiger partial charge in [0.15, 0.2) is 0 Å². The van der Waals surface area contributed by atoms with Gasteiger partial charge in [0.1, 0.15) is 7.85 Å². The zero-order valence-electron chi connectivity index (χ0n) is 10.8. The Labute approximate surface area is 127 Å². The monoisotopic (exact) mass is 359 g/mol. The smallest absolute Gasteiger partial charge is 0.432 e. The second-order valence-corrected chi connectivity index (χ2v) is 5.70. The molecule has 0 fully saturated rings. The standard InChI is InChI=1S/C10H7BF5NO5S/c11-5-3-4(1-2-6(5)17)7(18)22-8(9(12,13)14)10(15,16)23(19,20)21/h1-3,8H,17H2,(H,19,20,21). The lowest BCUT2D eigenvalue weighted by atomic mass is 9.92. The molecule has 0 saturated heterocycles. The van der Waals surface area contributed by atoms with Gasteiger partial charge >= 0.3 is 27.5 Å². The summed E-state index contributed by atoms with van der Waals surface area (Å²) < 4.78 is 96.9. The van der Waals surface area contributed by atoms with E-state index in [0.717, 1.165) is 18.2 Å². The average Bonchev–Trinajstić information content (AvgIpc) is 2.35. The Morgan fingerprint density at radius 1 is 1.26 bits per heavy atom. The summed E-state index contributed by atoms with van der Waals surface area (Å²) in [7, 11) is -1.21. The molecule has 1 rings (SSSR count). The number of hydrogen-bond acceptors (Lipinski definition) is 5. The summed E-state index contributed by atoms with van der Waals surface area (Å²) in [4.78, 5) is 11.5. The van der Waals surface area contributed by atoms with E-state index in [1.807, 2.05) is 0 Å². The Morgan fingerprint density at radius 3 is 2.17 bits per heavy atom. The van der Waals surface area contributed by atoms with E-state index in [1.165, 1.54) is 0 Å². The van der Waals surface area contributed by atoms with Gasteiger partial charge in [-0.15, -0.1) is 0 Å². The first-order chi connectivity index (χ1) is 10.2. The van der Waals surface area contributed by atoms with Crippen molar-refractivity contribution in [3.63, 3.8) is 0 Å². The average molecular weight is 359 g/mol. The Balaban J connectivity index is 3.22. The summed E-state index contributed by atoms with van der Waals surface area (Å²) in [6.45, 7) is 0. The first kappa shape index (κ1) is 19.2. The normalized spacial score (nSPS) is 14.3. The molecule has 1 aromatic rings. The first-order valence-corrected chi connectivity index (χ1v) is 6.89. The summed E-state index contributed by atoms with van der Waals surface area (Å²) in [5.74, 6) is -1.94. The predicted octanol–water partition coefficient (Wildman–Crippen LogP) is 0.631. The Morgan fingerprint density at radius 2 is 1.78 bits per heavy atom. The molecule has 0 spiro atoms. The molecule has 1 unspecified atom stereocenters. The van der Waals surface area contributed by atoms with E-state index in [1.54, 1.807) is 0 Å². The molecular weight excluding hydrogens is 352 g/mol. The molecule has 0 saturated carbocycles. The van der Waals surface area contributed by atoms with E-state index in [-0.39, 0.29) is 11.2 Å². The van der Waals surface area contributed by atoms with Crippen LogP contribution >= 0.6 is 0 Å². The predicted molar refractivity (Wildman–Crippen MR) is 68.0 cm³/mol. The van der Waals surface area contributed by atoms with E-state index >= 15 is 0 Å². The number of alkyl halides is 5. The molecule has 23 heavy (non-hydrogen) atoms. The van der Waals surface area contributed by atoms with Gasteiger partial charge in [0.2, 0.25) is 0 Å². The van der Waals surface area contributed by atoms with Gasteiger partial charge in [-0.05, 0) is 12.1 Å². The van der Waals surface area contributed by atoms with Crippen LogP contribution in [0.5, 0.6) is 0 Å². The van der Waals surface area contributed by atoms with Crippen LogP contribution in [-0.2, 0) is 14.9 Å². The van der Waals surface area contributed by atoms with E-state index in [9.17, 15) is 35.2 Å². The van der Waals surface area contributed by atoms with Crippen LogP contribution in [0.4, 0.5) is 27.6 Å². The highest BCUT2D eigenvalue weighted by Gasteiger charge is 2.66. The highest BCUT2D eigenvalue weighted by Crippen LogP contribution is 2.38. The van der Waals surface area contributed by atoms with Crippen LogP contribution in [0.25, 0.3) is 0 Å². The maximum atomic E-state index is 13.2. The maximum absolute atomic E-state index is 13.2. The van der Waals surface area contributed by atoms with Crippen molar-refractivity contribution in [2.24, 2.45) is 0 Å². The van der Waals surface area contributed by atoms with Gasteiger partial charge in [-0.2, -0.15) is 30.4 Å². The quantitative estimate of drug-likeness (QED) is 0.269. The third kappa shape index (κ3) is 4.10. The molecule has 0 heterocycles. The van der Waals surface area contributed by atoms with E-state index < -0.39 is 39.2 Å². The van der Waals surface area contributed by atoms with Crippen LogP contribution in [0.15, 0.2) is 18.2 Å². The fraction of sp³-hybridized carbons (Fsp3) is 0.300. The zero-order chi connectivity index (χ0) is 18.2. The van der Waals surface area contributed by atoms with Crippen molar-refractivity contribution >= 4 is 35.1 Å².